The van der Waals surface area contributed by atoms with Crippen LogP contribution in [0.2, 0.25) is 0 Å². The minimum atomic E-state index is -3.20. The Kier molecular flexibility index (Phi) is 3.40. The van der Waals surface area contributed by atoms with Crippen molar-refractivity contribution in [2.45, 2.75) is 23.7 Å². The van der Waals surface area contributed by atoms with Crippen molar-refractivity contribution in [1.82, 2.24) is 5.32 Å². The van der Waals surface area contributed by atoms with E-state index in [9.17, 15) is 18.4 Å². The maximum Gasteiger partial charge on any atom is 0.340 e. The second-order valence-electron chi connectivity index (χ2n) is 3.32. The Labute approximate surface area is 88.0 Å². The highest BCUT2D eigenvalue weighted by atomic mass is 27.0. The molecule has 1 rings (SSSR count). The molecule has 1 saturated heterocycles. The van der Waals surface area contributed by atoms with E-state index >= 15 is 0 Å². The first-order chi connectivity index (χ1) is 6.39. The van der Waals surface area contributed by atoms with Crippen LogP contribution in [0.3, 0.4) is 0 Å². The molecule has 1 N–H and O–H groups in total. The number of hydrogen-bond donors (Lipinski definition) is 1. The third-order valence-corrected chi connectivity index (χ3v) is 2.43. The highest BCUT2D eigenvalue weighted by Crippen LogP contribution is 2.12. The topological polar surface area (TPSA) is 46.2 Å². The van der Waals surface area contributed by atoms with Gasteiger partial charge in [0.2, 0.25) is 16.5 Å². The number of carbonyl (C=O) groups excluding carboxylic acids is 2. The molecule has 0 spiro atoms. The van der Waals surface area contributed by atoms with Crippen LogP contribution in [0, 0.1) is 0 Å². The molecule has 0 saturated carbocycles. The van der Waals surface area contributed by atoms with Gasteiger partial charge in [-0.3, -0.25) is 9.59 Å². The fraction of sp³-hybridized carbons (Fsp3) is 0.500. The zero-order chi connectivity index (χ0) is 10.8. The molecule has 1 atom stereocenters. The minimum Gasteiger partial charge on any atom is -0.350 e. The standard InChI is InChI=1S/C8H8F2NO2.Al.2H/c9-8(10)6(12)3-1-5-2-4-7(13)11-5;;;/h1,3,5H,2,4H2,(H,11,13);;;/b3-1+;;;/t5-;;;/m0.../s1. The average Bonchev–Trinajstić information content (AvgIpc) is 2.45. The van der Waals surface area contributed by atoms with Crippen molar-refractivity contribution in [3.63, 3.8) is 0 Å². The molecule has 6 heteroatoms. The van der Waals surface area contributed by atoms with Crippen LogP contribution < -0.4 is 5.32 Å². The van der Waals surface area contributed by atoms with Crippen LogP contribution >= 0.6 is 0 Å². The van der Waals surface area contributed by atoms with Crippen LogP contribution in [0.1, 0.15) is 12.8 Å². The van der Waals surface area contributed by atoms with Gasteiger partial charge >= 0.3 is 16.3 Å². The van der Waals surface area contributed by atoms with Crippen LogP contribution in [-0.4, -0.2) is 38.8 Å². The summed E-state index contributed by atoms with van der Waals surface area (Å²) in [7, 11) is 0. The first-order valence-electron chi connectivity index (χ1n) is 4.29. The lowest BCUT2D eigenvalue weighted by atomic mass is 10.2. The molecule has 0 aromatic carbocycles. The number of nitrogens with one attached hydrogen (secondary N) is 1. The van der Waals surface area contributed by atoms with E-state index < -0.39 is 26.9 Å². The van der Waals surface area contributed by atoms with Crippen LogP contribution in [-0.2, 0) is 9.59 Å². The molecule has 0 unspecified atom stereocenters. The fourth-order valence-corrected chi connectivity index (χ4v) is 1.30. The summed E-state index contributed by atoms with van der Waals surface area (Å²) < 4.78 is 24.9. The molecule has 1 amide bonds. The predicted octanol–water partition coefficient (Wildman–Crippen LogP) is -0.384. The number of ketones is 1. The molecule has 0 aromatic rings. The zero-order valence-corrected chi connectivity index (χ0v) is 9.72. The van der Waals surface area contributed by atoms with E-state index in [1.165, 1.54) is 6.08 Å². The Morgan fingerprint density at radius 2 is 2.29 bits per heavy atom. The summed E-state index contributed by atoms with van der Waals surface area (Å²) in [5, 5.41) is 2.55. The number of carbonyl (C=O) groups is 2. The van der Waals surface area contributed by atoms with Gasteiger partial charge in [0.25, 0.3) is 0 Å². The number of allylic oxidation sites excluding steroid dienone is 1. The molecular formula is C8H10AlF2NO2. The molecular weight excluding hydrogens is 207 g/mol. The summed E-state index contributed by atoms with van der Waals surface area (Å²) in [6.45, 7) is 0. The summed E-state index contributed by atoms with van der Waals surface area (Å²) in [4.78, 5) is 18.3. The van der Waals surface area contributed by atoms with Gasteiger partial charge < -0.3 is 5.32 Å². The Morgan fingerprint density at radius 1 is 1.64 bits per heavy atom. The van der Waals surface area contributed by atoms with Crippen molar-refractivity contribution in [3.8, 4) is 0 Å². The highest BCUT2D eigenvalue weighted by Gasteiger charge is 2.29. The van der Waals surface area contributed by atoms with Crippen molar-refractivity contribution in [1.29, 1.82) is 0 Å². The van der Waals surface area contributed by atoms with Gasteiger partial charge in [-0.15, -0.1) is 0 Å². The lowest BCUT2D eigenvalue weighted by Gasteiger charge is -2.06. The van der Waals surface area contributed by atoms with E-state index in [1.807, 2.05) is 0 Å². The Bertz CT molecular complexity index is 286. The van der Waals surface area contributed by atoms with Gasteiger partial charge in [0.15, 0.2) is 0 Å². The molecule has 0 aliphatic carbocycles. The van der Waals surface area contributed by atoms with Gasteiger partial charge in [-0.2, -0.15) is 0 Å². The molecule has 14 heavy (non-hydrogen) atoms. The Hall–Kier alpha value is -0.728. The van der Waals surface area contributed by atoms with Crippen molar-refractivity contribution < 1.29 is 18.4 Å². The number of halogens is 2. The number of rotatable bonds is 3. The highest BCUT2D eigenvalue weighted by molar-refractivity contribution is 6.28. The smallest absolute Gasteiger partial charge is 0.340 e. The predicted molar refractivity (Wildman–Crippen MR) is 48.8 cm³/mol. The third kappa shape index (κ3) is 3.20. The first kappa shape index (κ1) is 11.3. The SMILES string of the molecule is O=C1CC[C@H](/C=C/C(=O)[C](F)(F)[AlH2])N1. The largest absolute Gasteiger partial charge is 0.350 e. The van der Waals surface area contributed by atoms with E-state index in [4.69, 9.17) is 0 Å². The molecule has 0 bridgehead atoms. The molecule has 76 valence electrons. The van der Waals surface area contributed by atoms with Crippen molar-refractivity contribution in [3.05, 3.63) is 12.2 Å². The molecule has 1 aliphatic heterocycles. The minimum absolute atomic E-state index is 0.107. The maximum absolute atomic E-state index is 12.4. The normalized spacial score (nSPS) is 22.7. The second kappa shape index (κ2) is 4.20. The van der Waals surface area contributed by atoms with Crippen LogP contribution in [0.15, 0.2) is 12.2 Å². The molecule has 3 nitrogen and oxygen atoms in total. The van der Waals surface area contributed by atoms with Crippen molar-refractivity contribution in [2.75, 3.05) is 0 Å². The maximum atomic E-state index is 12.4. The lowest BCUT2D eigenvalue weighted by molar-refractivity contribution is -0.128. The van der Waals surface area contributed by atoms with E-state index in [-0.39, 0.29) is 11.9 Å². The van der Waals surface area contributed by atoms with Gasteiger partial charge in [0.1, 0.15) is 0 Å². The average molecular weight is 217 g/mol. The lowest BCUT2D eigenvalue weighted by Crippen LogP contribution is -2.28. The van der Waals surface area contributed by atoms with E-state index in [1.54, 1.807) is 0 Å². The molecule has 0 radical (unpaired) electrons. The third-order valence-electron chi connectivity index (χ3n) is 1.94. The van der Waals surface area contributed by atoms with Gasteiger partial charge in [0, 0.05) is 12.5 Å². The van der Waals surface area contributed by atoms with E-state index in [0.717, 1.165) is 6.08 Å². The van der Waals surface area contributed by atoms with Crippen LogP contribution in [0.4, 0.5) is 8.78 Å². The van der Waals surface area contributed by atoms with Crippen LogP contribution in [0.25, 0.3) is 0 Å². The molecule has 1 heterocycles. The number of alkyl halides is 2. The fourth-order valence-electron chi connectivity index (χ4n) is 1.13. The summed E-state index contributed by atoms with van der Waals surface area (Å²) >= 11 is -0.485. The molecule has 1 fully saturated rings. The van der Waals surface area contributed by atoms with Crippen molar-refractivity contribution >= 4 is 28.0 Å². The Balaban J connectivity index is 2.48. The van der Waals surface area contributed by atoms with Crippen LogP contribution in [0.5, 0.6) is 0 Å². The Morgan fingerprint density at radius 3 is 2.71 bits per heavy atom. The first-order valence-corrected chi connectivity index (χ1v) is 5.29. The summed E-state index contributed by atoms with van der Waals surface area (Å²) in [6, 6.07) is -0.268. The molecule has 1 aliphatic rings. The monoisotopic (exact) mass is 217 g/mol. The summed E-state index contributed by atoms with van der Waals surface area (Å²) in [6.07, 6.45) is 3.15. The summed E-state index contributed by atoms with van der Waals surface area (Å²) in [5.74, 6) is -1.28. The van der Waals surface area contributed by atoms with E-state index in [2.05, 4.69) is 5.32 Å². The quantitative estimate of drug-likeness (QED) is 0.517. The molecule has 0 aromatic heterocycles. The van der Waals surface area contributed by atoms with Gasteiger partial charge in [-0.25, -0.2) is 8.78 Å². The second-order valence-corrected chi connectivity index (χ2v) is 4.58. The number of hydrogen-bond acceptors (Lipinski definition) is 2. The van der Waals surface area contributed by atoms with Crippen molar-refractivity contribution in [2.24, 2.45) is 0 Å². The van der Waals surface area contributed by atoms with E-state index in [0.29, 0.717) is 12.8 Å². The van der Waals surface area contributed by atoms with Gasteiger partial charge in [0.05, 0.1) is 0 Å². The van der Waals surface area contributed by atoms with Gasteiger partial charge in [-0.1, -0.05) is 6.08 Å². The van der Waals surface area contributed by atoms with Gasteiger partial charge in [-0.05, 0) is 12.5 Å². The number of amides is 1. The zero-order valence-electron chi connectivity index (χ0n) is 7.72. The summed E-state index contributed by atoms with van der Waals surface area (Å²) in [5.41, 5.74) is 0.